The monoisotopic (exact) mass is 444 g/mol. The minimum absolute atomic E-state index is 0.914. The Kier molecular flexibility index (Phi) is 3.72. The summed E-state index contributed by atoms with van der Waals surface area (Å²) >= 11 is 0. The Balaban J connectivity index is 1.34. The highest BCUT2D eigenvalue weighted by molar-refractivity contribution is 6.15. The zero-order valence-corrected chi connectivity index (χ0v) is 19.0. The quantitative estimate of drug-likeness (QED) is 0.181. The van der Waals surface area contributed by atoms with E-state index in [0.29, 0.717) is 0 Å². The molecule has 0 aromatic heterocycles. The Bertz CT molecular complexity index is 1970. The predicted molar refractivity (Wildman–Crippen MR) is 147 cm³/mol. The fourth-order valence-corrected chi connectivity index (χ4v) is 5.76. The molecule has 1 heterocycles. The molecule has 7 aromatic carbocycles. The van der Waals surface area contributed by atoms with Gasteiger partial charge in [0, 0.05) is 10.9 Å². The molecular formula is C34H20O. The molecule has 0 saturated carbocycles. The van der Waals surface area contributed by atoms with Crippen LogP contribution < -0.4 is 4.74 Å². The molecule has 0 spiro atoms. The van der Waals surface area contributed by atoms with Gasteiger partial charge in [-0.25, -0.2) is 0 Å². The van der Waals surface area contributed by atoms with E-state index in [1.165, 1.54) is 59.8 Å². The Labute approximate surface area is 202 Å². The van der Waals surface area contributed by atoms with Gasteiger partial charge in [0.25, 0.3) is 0 Å². The lowest BCUT2D eigenvalue weighted by Gasteiger charge is -2.22. The van der Waals surface area contributed by atoms with Crippen molar-refractivity contribution in [3.05, 3.63) is 121 Å². The highest BCUT2D eigenvalue weighted by Gasteiger charge is 2.20. The predicted octanol–water partition coefficient (Wildman–Crippen LogP) is 9.74. The molecule has 0 unspecified atom stereocenters. The van der Waals surface area contributed by atoms with Gasteiger partial charge in [-0.1, -0.05) is 91.0 Å². The van der Waals surface area contributed by atoms with E-state index >= 15 is 0 Å². The van der Waals surface area contributed by atoms with Crippen LogP contribution in [-0.2, 0) is 0 Å². The molecule has 0 bridgehead atoms. The maximum atomic E-state index is 6.44. The van der Waals surface area contributed by atoms with Gasteiger partial charge in [-0.3, -0.25) is 0 Å². The van der Waals surface area contributed by atoms with E-state index in [-0.39, 0.29) is 0 Å². The van der Waals surface area contributed by atoms with Crippen LogP contribution in [0.25, 0.3) is 65.3 Å². The standard InChI is InChI=1S/C34H20O/c1-2-7-23-19-31-24(18-22(23)6-1)14-16-28-26(10-5-11-27(28)31)25-15-17-29-30-12-3-8-21-9-4-13-32(34(21)30)35-33(29)20-25/h1-20H. The maximum absolute atomic E-state index is 6.44. The van der Waals surface area contributed by atoms with Crippen LogP contribution in [-0.4, -0.2) is 0 Å². The molecule has 0 aliphatic carbocycles. The van der Waals surface area contributed by atoms with E-state index < -0.39 is 0 Å². The summed E-state index contributed by atoms with van der Waals surface area (Å²) in [7, 11) is 0. The molecule has 162 valence electrons. The number of ether oxygens (including phenoxy) is 1. The number of hydrogen-bond acceptors (Lipinski definition) is 1. The van der Waals surface area contributed by atoms with Crippen LogP contribution >= 0.6 is 0 Å². The minimum Gasteiger partial charge on any atom is -0.456 e. The summed E-state index contributed by atoms with van der Waals surface area (Å²) < 4.78 is 6.44. The van der Waals surface area contributed by atoms with Crippen molar-refractivity contribution in [1.29, 1.82) is 0 Å². The summed E-state index contributed by atoms with van der Waals surface area (Å²) in [4.78, 5) is 0. The third-order valence-corrected chi connectivity index (χ3v) is 7.41. The van der Waals surface area contributed by atoms with Crippen LogP contribution in [0.5, 0.6) is 11.5 Å². The number of fused-ring (bicyclic) bond motifs is 6. The van der Waals surface area contributed by atoms with Crippen molar-refractivity contribution in [2.45, 2.75) is 0 Å². The Hall–Kier alpha value is -4.62. The smallest absolute Gasteiger partial charge is 0.135 e. The Morgan fingerprint density at radius 3 is 2.06 bits per heavy atom. The van der Waals surface area contributed by atoms with Gasteiger partial charge in [0.1, 0.15) is 11.5 Å². The number of rotatable bonds is 1. The lowest BCUT2D eigenvalue weighted by Crippen LogP contribution is -1.97. The lowest BCUT2D eigenvalue weighted by molar-refractivity contribution is 0.487. The molecule has 0 fully saturated rings. The van der Waals surface area contributed by atoms with Gasteiger partial charge in [0.05, 0.1) is 0 Å². The van der Waals surface area contributed by atoms with Gasteiger partial charge in [0.15, 0.2) is 0 Å². The fraction of sp³-hybridized carbons (Fsp3) is 0. The Morgan fingerprint density at radius 2 is 1.14 bits per heavy atom. The molecular weight excluding hydrogens is 424 g/mol. The van der Waals surface area contributed by atoms with Gasteiger partial charge in [-0.2, -0.15) is 0 Å². The van der Waals surface area contributed by atoms with Crippen LogP contribution in [0.1, 0.15) is 0 Å². The molecule has 0 amide bonds. The molecule has 1 aliphatic heterocycles. The van der Waals surface area contributed by atoms with Crippen molar-refractivity contribution in [3.8, 4) is 33.8 Å². The van der Waals surface area contributed by atoms with E-state index in [4.69, 9.17) is 4.74 Å². The second-order valence-corrected chi connectivity index (χ2v) is 9.36. The molecule has 0 N–H and O–H groups in total. The van der Waals surface area contributed by atoms with Crippen LogP contribution in [0.4, 0.5) is 0 Å². The van der Waals surface area contributed by atoms with Gasteiger partial charge in [-0.15, -0.1) is 0 Å². The molecule has 0 atom stereocenters. The topological polar surface area (TPSA) is 9.23 Å². The highest BCUT2D eigenvalue weighted by atomic mass is 16.5. The first-order chi connectivity index (χ1) is 17.3. The fourth-order valence-electron chi connectivity index (χ4n) is 5.76. The average Bonchev–Trinajstić information content (AvgIpc) is 2.91. The van der Waals surface area contributed by atoms with Gasteiger partial charge >= 0.3 is 0 Å². The Morgan fingerprint density at radius 1 is 0.371 bits per heavy atom. The summed E-state index contributed by atoms with van der Waals surface area (Å²) in [5.41, 5.74) is 4.78. The van der Waals surface area contributed by atoms with Gasteiger partial charge in [0.2, 0.25) is 0 Å². The minimum atomic E-state index is 0.914. The van der Waals surface area contributed by atoms with E-state index in [2.05, 4.69) is 121 Å². The first kappa shape index (κ1) is 18.8. The summed E-state index contributed by atoms with van der Waals surface area (Å²) in [5.74, 6) is 1.84. The van der Waals surface area contributed by atoms with Crippen molar-refractivity contribution in [2.24, 2.45) is 0 Å². The first-order valence-electron chi connectivity index (χ1n) is 12.0. The van der Waals surface area contributed by atoms with E-state index in [0.717, 1.165) is 17.1 Å². The summed E-state index contributed by atoms with van der Waals surface area (Å²) in [6, 6.07) is 43.7. The molecule has 1 nitrogen and oxygen atoms in total. The largest absolute Gasteiger partial charge is 0.456 e. The van der Waals surface area contributed by atoms with Crippen molar-refractivity contribution in [1.82, 2.24) is 0 Å². The molecule has 7 aromatic rings. The van der Waals surface area contributed by atoms with Crippen LogP contribution in [0, 0.1) is 0 Å². The summed E-state index contributed by atoms with van der Waals surface area (Å²) in [6.07, 6.45) is 0. The maximum Gasteiger partial charge on any atom is 0.135 e. The molecule has 1 aliphatic rings. The molecule has 1 heteroatoms. The summed E-state index contributed by atoms with van der Waals surface area (Å²) in [6.45, 7) is 0. The summed E-state index contributed by atoms with van der Waals surface area (Å²) in [5, 5.41) is 10.0. The van der Waals surface area contributed by atoms with E-state index in [1.807, 2.05) is 0 Å². The van der Waals surface area contributed by atoms with E-state index in [9.17, 15) is 0 Å². The second kappa shape index (κ2) is 6.94. The zero-order chi connectivity index (χ0) is 22.9. The van der Waals surface area contributed by atoms with Gasteiger partial charge in [-0.05, 0) is 84.7 Å². The van der Waals surface area contributed by atoms with Crippen LogP contribution in [0.3, 0.4) is 0 Å². The molecule has 0 radical (unpaired) electrons. The van der Waals surface area contributed by atoms with Crippen molar-refractivity contribution < 1.29 is 4.74 Å². The first-order valence-corrected chi connectivity index (χ1v) is 12.0. The average molecular weight is 445 g/mol. The van der Waals surface area contributed by atoms with Crippen molar-refractivity contribution in [3.63, 3.8) is 0 Å². The number of hydrogen-bond donors (Lipinski definition) is 0. The normalized spacial score (nSPS) is 12.2. The van der Waals surface area contributed by atoms with E-state index in [1.54, 1.807) is 0 Å². The second-order valence-electron chi connectivity index (χ2n) is 9.36. The third kappa shape index (κ3) is 2.70. The van der Waals surface area contributed by atoms with Gasteiger partial charge < -0.3 is 4.74 Å². The molecule has 8 rings (SSSR count). The number of benzene rings is 7. The van der Waals surface area contributed by atoms with Crippen LogP contribution in [0.15, 0.2) is 121 Å². The highest BCUT2D eigenvalue weighted by Crippen LogP contribution is 2.48. The van der Waals surface area contributed by atoms with Crippen LogP contribution in [0.2, 0.25) is 0 Å². The van der Waals surface area contributed by atoms with Crippen molar-refractivity contribution in [2.75, 3.05) is 0 Å². The molecule has 35 heavy (non-hydrogen) atoms. The zero-order valence-electron chi connectivity index (χ0n) is 19.0. The van der Waals surface area contributed by atoms with Crippen molar-refractivity contribution >= 4 is 43.1 Å². The molecule has 0 saturated heterocycles. The lowest BCUT2D eigenvalue weighted by atomic mass is 9.90. The SMILES string of the molecule is c1ccc2cc3c(ccc4c(-c5ccc6c(c5)Oc5cccc7cccc-6c57)cccc43)cc2c1. The third-order valence-electron chi connectivity index (χ3n) is 7.41.